The summed E-state index contributed by atoms with van der Waals surface area (Å²) in [6.07, 6.45) is 1.44. The Kier molecular flexibility index (Phi) is 9.36. The molecule has 2 atom stereocenters. The van der Waals surface area contributed by atoms with Crippen molar-refractivity contribution >= 4 is 0 Å². The third-order valence-electron chi connectivity index (χ3n) is 5.98. The minimum Gasteiger partial charge on any atom is -0.493 e. The first-order valence-corrected chi connectivity index (χ1v) is 10.8. The first-order chi connectivity index (χ1) is 16.3. The summed E-state index contributed by atoms with van der Waals surface area (Å²) >= 11 is 0. The minimum atomic E-state index is -0.935. The van der Waals surface area contributed by atoms with Crippen molar-refractivity contribution in [2.75, 3.05) is 35.5 Å². The molecule has 0 spiro atoms. The third-order valence-corrected chi connectivity index (χ3v) is 5.98. The highest BCUT2D eigenvalue weighted by molar-refractivity contribution is 5.59. The van der Waals surface area contributed by atoms with Crippen molar-refractivity contribution in [2.45, 2.75) is 44.1 Å². The van der Waals surface area contributed by atoms with Gasteiger partial charge in [-0.2, -0.15) is 5.26 Å². The van der Waals surface area contributed by atoms with Gasteiger partial charge in [0.25, 0.3) is 0 Å². The highest BCUT2D eigenvalue weighted by Gasteiger charge is 2.33. The van der Waals surface area contributed by atoms with E-state index >= 15 is 0 Å². The summed E-state index contributed by atoms with van der Waals surface area (Å²) in [6.45, 7) is 1.80. The second-order valence-corrected chi connectivity index (χ2v) is 8.05. The van der Waals surface area contributed by atoms with Gasteiger partial charge >= 0.3 is 0 Å². The van der Waals surface area contributed by atoms with Crippen molar-refractivity contribution in [1.29, 1.82) is 5.26 Å². The van der Waals surface area contributed by atoms with Gasteiger partial charge in [-0.3, -0.25) is 10.1 Å². The second-order valence-electron chi connectivity index (χ2n) is 8.05. The molecule has 0 N–H and O–H groups in total. The second kappa shape index (κ2) is 12.0. The summed E-state index contributed by atoms with van der Waals surface area (Å²) in [5.74, 6) is 2.41. The topological polar surface area (TPSA) is 113 Å². The maximum absolute atomic E-state index is 11.8. The molecule has 0 aliphatic rings. The molecule has 0 heterocycles. The molecule has 0 fully saturated rings. The van der Waals surface area contributed by atoms with E-state index in [0.29, 0.717) is 53.6 Å². The number of nitriles is 1. The molecule has 0 bridgehead atoms. The van der Waals surface area contributed by atoms with E-state index in [1.54, 1.807) is 37.3 Å². The van der Waals surface area contributed by atoms with E-state index in [-0.39, 0.29) is 11.3 Å². The number of hydrogen-bond acceptors (Lipinski definition) is 8. The fourth-order valence-electron chi connectivity index (χ4n) is 4.04. The molecule has 0 aromatic heterocycles. The summed E-state index contributed by atoms with van der Waals surface area (Å²) in [4.78, 5) is 11.5. The van der Waals surface area contributed by atoms with Crippen LogP contribution in [0.15, 0.2) is 30.3 Å². The number of ether oxygens (including phenoxy) is 5. The lowest BCUT2D eigenvalue weighted by Gasteiger charge is -2.26. The Morgan fingerprint density at radius 1 is 0.941 bits per heavy atom. The molecule has 0 amide bonds. The number of nitrogens with zero attached hydrogens (tertiary/aromatic N) is 2. The number of nitro groups is 1. The summed E-state index contributed by atoms with van der Waals surface area (Å²) in [7, 11) is 7.60. The molecule has 0 aliphatic heterocycles. The standard InChI is InChI=1S/C25H32N2O7/c1-25(16-26,19-10-12-21(31-3)24(34-6)23(19)33-5)13-7-8-18(27(28)29)14-17-9-11-20(30-2)22(15-17)32-4/h9-12,15,18H,7-8,13-14H2,1-6H3. The van der Waals surface area contributed by atoms with Crippen LogP contribution in [0.3, 0.4) is 0 Å². The molecule has 2 aromatic carbocycles. The zero-order chi connectivity index (χ0) is 25.3. The molecule has 0 aliphatic carbocycles. The van der Waals surface area contributed by atoms with E-state index in [2.05, 4.69) is 6.07 Å². The molecule has 2 rings (SSSR count). The Bertz CT molecular complexity index is 1030. The van der Waals surface area contributed by atoms with E-state index in [1.165, 1.54) is 35.5 Å². The molecule has 2 aromatic rings. The maximum Gasteiger partial charge on any atom is 0.217 e. The van der Waals surface area contributed by atoms with Crippen molar-refractivity contribution in [1.82, 2.24) is 0 Å². The van der Waals surface area contributed by atoms with Crippen LogP contribution in [0.25, 0.3) is 0 Å². The molecule has 9 heteroatoms. The number of hydrogen-bond donors (Lipinski definition) is 0. The molecule has 0 saturated carbocycles. The molecule has 34 heavy (non-hydrogen) atoms. The summed E-state index contributed by atoms with van der Waals surface area (Å²) < 4.78 is 26.9. The van der Waals surface area contributed by atoms with Gasteiger partial charge in [0.1, 0.15) is 0 Å². The molecule has 0 radical (unpaired) electrons. The average molecular weight is 473 g/mol. The van der Waals surface area contributed by atoms with Crippen LogP contribution in [-0.4, -0.2) is 46.5 Å². The van der Waals surface area contributed by atoms with Crippen LogP contribution >= 0.6 is 0 Å². The fraction of sp³-hybridized carbons (Fsp3) is 0.480. The Labute approximate surface area is 200 Å². The SMILES string of the molecule is COc1ccc(CC(CCCC(C)(C#N)c2ccc(OC)c(OC)c2OC)[N+](=O)[O-])cc1OC. The zero-order valence-electron chi connectivity index (χ0n) is 20.5. The molecular formula is C25H32N2O7. The van der Waals surface area contributed by atoms with Crippen molar-refractivity contribution in [3.05, 3.63) is 51.6 Å². The lowest BCUT2D eigenvalue weighted by molar-refractivity contribution is -0.523. The van der Waals surface area contributed by atoms with Crippen LogP contribution in [0.2, 0.25) is 0 Å². The van der Waals surface area contributed by atoms with Crippen molar-refractivity contribution in [3.63, 3.8) is 0 Å². The van der Waals surface area contributed by atoms with Crippen LogP contribution in [0.4, 0.5) is 0 Å². The molecule has 2 unspecified atom stereocenters. The molecular weight excluding hydrogens is 440 g/mol. The molecule has 9 nitrogen and oxygen atoms in total. The van der Waals surface area contributed by atoms with E-state index in [9.17, 15) is 15.4 Å². The van der Waals surface area contributed by atoms with Gasteiger partial charge in [0, 0.05) is 23.3 Å². The van der Waals surface area contributed by atoms with Crippen molar-refractivity contribution < 1.29 is 28.6 Å². The van der Waals surface area contributed by atoms with Crippen molar-refractivity contribution in [3.8, 4) is 34.8 Å². The normalized spacial score (nSPS) is 13.2. The van der Waals surface area contributed by atoms with Crippen LogP contribution < -0.4 is 23.7 Å². The molecule has 184 valence electrons. The Hall–Kier alpha value is -3.67. The van der Waals surface area contributed by atoms with Crippen LogP contribution in [-0.2, 0) is 11.8 Å². The van der Waals surface area contributed by atoms with Crippen molar-refractivity contribution in [2.24, 2.45) is 0 Å². The van der Waals surface area contributed by atoms with Gasteiger partial charge in [0.05, 0.1) is 47.0 Å². The first kappa shape index (κ1) is 26.6. The van der Waals surface area contributed by atoms with E-state index < -0.39 is 11.5 Å². The summed E-state index contributed by atoms with van der Waals surface area (Å²) in [5.41, 5.74) is 0.492. The summed E-state index contributed by atoms with van der Waals surface area (Å²) in [5, 5.41) is 21.8. The Morgan fingerprint density at radius 3 is 2.09 bits per heavy atom. The lowest BCUT2D eigenvalue weighted by atomic mass is 9.78. The van der Waals surface area contributed by atoms with E-state index in [1.807, 2.05) is 0 Å². The minimum absolute atomic E-state index is 0.246. The highest BCUT2D eigenvalue weighted by atomic mass is 16.6. The third kappa shape index (κ3) is 5.81. The fourth-order valence-corrected chi connectivity index (χ4v) is 4.04. The average Bonchev–Trinajstić information content (AvgIpc) is 2.86. The quantitative estimate of drug-likeness (QED) is 0.308. The zero-order valence-corrected chi connectivity index (χ0v) is 20.5. The van der Waals surface area contributed by atoms with Gasteiger partial charge in [0.2, 0.25) is 11.8 Å². The predicted octanol–water partition coefficient (Wildman–Crippen LogP) is 4.57. The predicted molar refractivity (Wildman–Crippen MR) is 127 cm³/mol. The van der Waals surface area contributed by atoms with Crippen LogP contribution in [0.1, 0.15) is 37.3 Å². The molecule has 0 saturated heterocycles. The van der Waals surface area contributed by atoms with Crippen LogP contribution in [0.5, 0.6) is 28.7 Å². The van der Waals surface area contributed by atoms with Gasteiger partial charge in [-0.05, 0) is 49.6 Å². The Balaban J connectivity index is 2.20. The lowest BCUT2D eigenvalue weighted by Crippen LogP contribution is -2.25. The summed E-state index contributed by atoms with van der Waals surface area (Å²) in [6, 6.07) is 10.4. The van der Waals surface area contributed by atoms with Gasteiger partial charge < -0.3 is 23.7 Å². The first-order valence-electron chi connectivity index (χ1n) is 10.8. The Morgan fingerprint density at radius 2 is 1.56 bits per heavy atom. The smallest absolute Gasteiger partial charge is 0.217 e. The largest absolute Gasteiger partial charge is 0.493 e. The monoisotopic (exact) mass is 472 g/mol. The maximum atomic E-state index is 11.8. The van der Waals surface area contributed by atoms with Gasteiger partial charge in [-0.25, -0.2) is 0 Å². The van der Waals surface area contributed by atoms with E-state index in [4.69, 9.17) is 23.7 Å². The van der Waals surface area contributed by atoms with Gasteiger partial charge in [0.15, 0.2) is 23.0 Å². The highest BCUT2D eigenvalue weighted by Crippen LogP contribution is 2.45. The number of rotatable bonds is 13. The number of methoxy groups -OCH3 is 5. The van der Waals surface area contributed by atoms with Crippen LogP contribution in [0, 0.1) is 21.4 Å². The number of benzene rings is 2. The van der Waals surface area contributed by atoms with Gasteiger partial charge in [-0.15, -0.1) is 0 Å². The van der Waals surface area contributed by atoms with Gasteiger partial charge in [-0.1, -0.05) is 6.07 Å². The van der Waals surface area contributed by atoms with E-state index in [0.717, 1.165) is 5.56 Å².